The summed E-state index contributed by atoms with van der Waals surface area (Å²) in [5.74, 6) is 2.06. The highest BCUT2D eigenvalue weighted by molar-refractivity contribution is 6.33. The third-order valence-corrected chi connectivity index (χ3v) is 9.51. The van der Waals surface area contributed by atoms with Gasteiger partial charge in [-0.05, 0) is 116 Å². The normalized spacial score (nSPS) is 29.5. The predicted molar refractivity (Wildman–Crippen MR) is 138 cm³/mol. The topological polar surface area (TPSA) is 58.6 Å². The molecular formula is C29H33ClN2O3. The molecule has 0 saturated heterocycles. The van der Waals surface area contributed by atoms with Crippen molar-refractivity contribution in [1.29, 1.82) is 0 Å². The van der Waals surface area contributed by atoms with Crippen LogP contribution in [0.15, 0.2) is 42.5 Å². The third-order valence-electron chi connectivity index (χ3n) is 9.19. The Morgan fingerprint density at radius 3 is 2.09 bits per heavy atom. The van der Waals surface area contributed by atoms with Crippen LogP contribution in [0.4, 0.5) is 17.1 Å². The zero-order valence-electron chi connectivity index (χ0n) is 20.5. The lowest BCUT2D eigenvalue weighted by molar-refractivity contribution is -0.151. The smallest absolute Gasteiger partial charge is 0.321 e. The maximum atomic E-state index is 12.9. The Morgan fingerprint density at radius 2 is 1.57 bits per heavy atom. The highest BCUT2D eigenvalue weighted by Gasteiger charge is 2.59. The molecule has 35 heavy (non-hydrogen) atoms. The van der Waals surface area contributed by atoms with Crippen molar-refractivity contribution in [2.24, 2.45) is 23.2 Å². The minimum atomic E-state index is -1.01. The van der Waals surface area contributed by atoms with Crippen LogP contribution in [0.25, 0.3) is 0 Å². The van der Waals surface area contributed by atoms with E-state index in [1.165, 1.54) is 51.2 Å². The first-order chi connectivity index (χ1) is 16.8. The van der Waals surface area contributed by atoms with E-state index in [2.05, 4.69) is 23.5 Å². The number of hydrogen-bond donors (Lipinski definition) is 1. The first-order valence-corrected chi connectivity index (χ1v) is 13.2. The zero-order chi connectivity index (χ0) is 24.4. The second-order valence-electron chi connectivity index (χ2n) is 11.5. The number of hydrogen-bond acceptors (Lipinski definition) is 4. The molecule has 0 unspecified atom stereocenters. The van der Waals surface area contributed by atoms with Crippen molar-refractivity contribution in [1.82, 2.24) is 0 Å². The maximum Gasteiger partial charge on any atom is 0.321 e. The van der Waals surface area contributed by atoms with Crippen LogP contribution >= 0.6 is 11.6 Å². The van der Waals surface area contributed by atoms with Crippen LogP contribution in [-0.2, 0) is 19.7 Å². The van der Waals surface area contributed by atoms with Gasteiger partial charge in [-0.1, -0.05) is 17.7 Å². The predicted octanol–water partition coefficient (Wildman–Crippen LogP) is 6.47. The summed E-state index contributed by atoms with van der Waals surface area (Å²) in [5, 5.41) is 4.18. The number of rotatable bonds is 6. The highest BCUT2D eigenvalue weighted by Crippen LogP contribution is 2.61. The van der Waals surface area contributed by atoms with Gasteiger partial charge in [0, 0.05) is 18.4 Å². The minimum absolute atomic E-state index is 0.214. The van der Waals surface area contributed by atoms with Gasteiger partial charge in [-0.2, -0.15) is 0 Å². The number of nitrogens with one attached hydrogen (secondary N) is 1. The summed E-state index contributed by atoms with van der Waals surface area (Å²) >= 11 is 6.78. The second-order valence-corrected chi connectivity index (χ2v) is 11.9. The number of benzene rings is 2. The second kappa shape index (κ2) is 8.26. The van der Waals surface area contributed by atoms with Crippen LogP contribution in [0.2, 0.25) is 5.02 Å². The molecule has 7 rings (SSSR count). The van der Waals surface area contributed by atoms with Crippen LogP contribution in [0.3, 0.4) is 0 Å². The largest absolute Gasteiger partial charge is 0.468 e. The summed E-state index contributed by atoms with van der Waals surface area (Å²) < 4.78 is 4.85. The van der Waals surface area contributed by atoms with E-state index in [1.807, 2.05) is 24.3 Å². The molecule has 0 radical (unpaired) electrons. The maximum absolute atomic E-state index is 12.9. The number of ether oxygens (including phenoxy) is 1. The highest BCUT2D eigenvalue weighted by atomic mass is 35.5. The van der Waals surface area contributed by atoms with Gasteiger partial charge in [0.1, 0.15) is 5.41 Å². The van der Waals surface area contributed by atoms with Gasteiger partial charge in [-0.15, -0.1) is 0 Å². The van der Waals surface area contributed by atoms with Gasteiger partial charge >= 0.3 is 5.97 Å². The number of esters is 1. The summed E-state index contributed by atoms with van der Waals surface area (Å²) in [6.45, 7) is 0. The van der Waals surface area contributed by atoms with Gasteiger partial charge in [0.2, 0.25) is 5.91 Å². The monoisotopic (exact) mass is 492 g/mol. The van der Waals surface area contributed by atoms with Gasteiger partial charge in [0.25, 0.3) is 0 Å². The average Bonchev–Trinajstić information content (AvgIpc) is 3.65. The molecule has 5 nitrogen and oxygen atoms in total. The number of amides is 1. The Balaban J connectivity index is 1.16. The van der Waals surface area contributed by atoms with Gasteiger partial charge in [-0.25, -0.2) is 0 Å². The van der Waals surface area contributed by atoms with Gasteiger partial charge < -0.3 is 15.0 Å². The van der Waals surface area contributed by atoms with Gasteiger partial charge in [0.15, 0.2) is 0 Å². The SMILES string of the molecule is COC(=O)C1(C(=O)N(C)c2ccc(Nc3ccc(C45CC6CC(CC(C6)C4)C5)cc3Cl)cc2)CC1. The molecule has 1 amide bonds. The molecule has 0 aliphatic heterocycles. The van der Waals surface area contributed by atoms with Crippen molar-refractivity contribution in [3.63, 3.8) is 0 Å². The summed E-state index contributed by atoms with van der Waals surface area (Å²) in [4.78, 5) is 26.5. The number of carbonyl (C=O) groups excluding carboxylic acids is 2. The third kappa shape index (κ3) is 3.83. The van der Waals surface area contributed by atoms with E-state index >= 15 is 0 Å². The van der Waals surface area contributed by atoms with E-state index in [0.29, 0.717) is 18.3 Å². The van der Waals surface area contributed by atoms with Gasteiger partial charge in [-0.3, -0.25) is 9.59 Å². The summed E-state index contributed by atoms with van der Waals surface area (Å²) in [5.41, 5.74) is 3.26. The van der Waals surface area contributed by atoms with Crippen LogP contribution in [-0.4, -0.2) is 26.0 Å². The molecule has 5 aliphatic carbocycles. The average molecular weight is 493 g/mol. The van der Waals surface area contributed by atoms with Crippen molar-refractivity contribution in [3.8, 4) is 0 Å². The molecule has 184 valence electrons. The van der Waals surface area contributed by atoms with Crippen molar-refractivity contribution in [2.45, 2.75) is 56.8 Å². The molecule has 5 aliphatic rings. The van der Waals surface area contributed by atoms with E-state index in [4.69, 9.17) is 16.3 Å². The van der Waals surface area contributed by atoms with Crippen LogP contribution in [0.5, 0.6) is 0 Å². The molecular weight excluding hydrogens is 460 g/mol. The molecule has 0 heterocycles. The fourth-order valence-corrected chi connectivity index (χ4v) is 7.83. The van der Waals surface area contributed by atoms with E-state index < -0.39 is 11.4 Å². The molecule has 4 bridgehead atoms. The summed E-state index contributed by atoms with van der Waals surface area (Å²) in [6, 6.07) is 14.2. The molecule has 1 N–H and O–H groups in total. The standard InChI is InChI=1S/C29H33ClN2O3/c1-32(26(33)29(9-10-29)27(34)35-2)23-6-4-22(5-7-23)31-25-8-3-21(14-24(25)30)28-15-18-11-19(16-28)13-20(12-18)17-28/h3-8,14,18-20,31H,9-13,15-17H2,1-2H3. The lowest BCUT2D eigenvalue weighted by atomic mass is 9.48. The van der Waals surface area contributed by atoms with Crippen LogP contribution < -0.4 is 10.2 Å². The molecule has 5 fully saturated rings. The van der Waals surface area contributed by atoms with Crippen molar-refractivity contribution in [3.05, 3.63) is 53.1 Å². The van der Waals surface area contributed by atoms with Crippen molar-refractivity contribution in [2.75, 3.05) is 24.4 Å². The quantitative estimate of drug-likeness (QED) is 0.371. The lowest BCUT2D eigenvalue weighted by Crippen LogP contribution is -2.48. The Kier molecular flexibility index (Phi) is 5.41. The Morgan fingerprint density at radius 1 is 0.971 bits per heavy atom. The number of carbonyl (C=O) groups is 2. The van der Waals surface area contributed by atoms with E-state index in [1.54, 1.807) is 11.9 Å². The van der Waals surface area contributed by atoms with Crippen molar-refractivity contribution >= 4 is 40.5 Å². The van der Waals surface area contributed by atoms with E-state index in [9.17, 15) is 9.59 Å². The fourth-order valence-electron chi connectivity index (χ4n) is 7.60. The van der Waals surface area contributed by atoms with Crippen LogP contribution in [0, 0.1) is 23.2 Å². The molecule has 2 aromatic carbocycles. The molecule has 6 heteroatoms. The first kappa shape index (κ1) is 22.9. The first-order valence-electron chi connectivity index (χ1n) is 12.9. The fraction of sp³-hybridized carbons (Fsp3) is 0.517. The van der Waals surface area contributed by atoms with Crippen molar-refractivity contribution < 1.29 is 14.3 Å². The molecule has 0 aromatic heterocycles. The Bertz CT molecular complexity index is 1140. The van der Waals surface area contributed by atoms with E-state index in [-0.39, 0.29) is 5.91 Å². The minimum Gasteiger partial charge on any atom is -0.468 e. The Hall–Kier alpha value is -2.53. The molecule has 5 saturated carbocycles. The number of halogens is 1. The Labute approximate surface area is 212 Å². The van der Waals surface area contributed by atoms with Crippen LogP contribution in [0.1, 0.15) is 56.9 Å². The number of nitrogens with zero attached hydrogens (tertiary/aromatic N) is 1. The lowest BCUT2D eigenvalue weighted by Gasteiger charge is -2.57. The molecule has 0 atom stereocenters. The number of anilines is 3. The molecule has 2 aromatic rings. The summed E-state index contributed by atoms with van der Waals surface area (Å²) in [6.07, 6.45) is 9.38. The van der Waals surface area contributed by atoms with Gasteiger partial charge in [0.05, 0.1) is 17.8 Å². The summed E-state index contributed by atoms with van der Waals surface area (Å²) in [7, 11) is 3.03. The molecule has 0 spiro atoms. The van der Waals surface area contributed by atoms with E-state index in [0.717, 1.165) is 39.8 Å². The zero-order valence-corrected chi connectivity index (χ0v) is 21.2. The number of methoxy groups -OCH3 is 1.